The van der Waals surface area contributed by atoms with Crippen LogP contribution in [0.2, 0.25) is 0 Å². The maximum absolute atomic E-state index is 12.4. The van der Waals surface area contributed by atoms with Crippen molar-refractivity contribution in [2.75, 3.05) is 48.4 Å². The van der Waals surface area contributed by atoms with Crippen molar-refractivity contribution in [3.05, 3.63) is 48.5 Å². The van der Waals surface area contributed by atoms with Crippen LogP contribution in [-0.2, 0) is 9.53 Å². The highest BCUT2D eigenvalue weighted by Crippen LogP contribution is 2.26. The second-order valence-corrected chi connectivity index (χ2v) is 6.71. The number of benzene rings is 2. The fourth-order valence-corrected chi connectivity index (χ4v) is 2.96. The van der Waals surface area contributed by atoms with E-state index in [0.717, 1.165) is 35.9 Å². The predicted octanol–water partition coefficient (Wildman–Crippen LogP) is 3.36. The number of hydrogen-bond acceptors (Lipinski definition) is 5. The van der Waals surface area contributed by atoms with Crippen LogP contribution in [0.1, 0.15) is 13.8 Å². The van der Waals surface area contributed by atoms with E-state index in [4.69, 9.17) is 9.47 Å². The zero-order valence-electron chi connectivity index (χ0n) is 15.9. The van der Waals surface area contributed by atoms with Crippen LogP contribution < -0.4 is 20.3 Å². The largest absolute Gasteiger partial charge is 0.491 e. The van der Waals surface area contributed by atoms with E-state index in [1.54, 1.807) is 0 Å². The maximum atomic E-state index is 12.4. The minimum Gasteiger partial charge on any atom is -0.491 e. The Hall–Kier alpha value is -2.73. The van der Waals surface area contributed by atoms with E-state index in [-0.39, 0.29) is 18.6 Å². The lowest BCUT2D eigenvalue weighted by molar-refractivity contribution is -0.114. The molecule has 1 aliphatic heterocycles. The minimum atomic E-state index is -0.0850. The lowest BCUT2D eigenvalue weighted by Crippen LogP contribution is -2.37. The Labute approximate surface area is 160 Å². The predicted molar refractivity (Wildman–Crippen MR) is 109 cm³/mol. The van der Waals surface area contributed by atoms with Gasteiger partial charge in [-0.25, -0.2) is 0 Å². The summed E-state index contributed by atoms with van der Waals surface area (Å²) < 4.78 is 11.0. The number of nitrogens with zero attached hydrogens (tertiary/aromatic N) is 1. The monoisotopic (exact) mass is 369 g/mol. The Bertz CT molecular complexity index is 741. The fraction of sp³-hybridized carbons (Fsp3) is 0.381. The van der Waals surface area contributed by atoms with Crippen LogP contribution in [0.3, 0.4) is 0 Å². The smallest absolute Gasteiger partial charge is 0.243 e. The molecule has 0 spiro atoms. The number of morpholine rings is 1. The third-order valence-corrected chi connectivity index (χ3v) is 4.21. The van der Waals surface area contributed by atoms with Crippen LogP contribution in [0.5, 0.6) is 5.75 Å². The Balaban J connectivity index is 1.55. The number of nitrogens with one attached hydrogen (secondary N) is 2. The molecule has 1 saturated heterocycles. The van der Waals surface area contributed by atoms with Crippen LogP contribution in [0.25, 0.3) is 0 Å². The van der Waals surface area contributed by atoms with E-state index in [1.165, 1.54) is 0 Å². The summed E-state index contributed by atoms with van der Waals surface area (Å²) in [6, 6.07) is 15.5. The van der Waals surface area contributed by atoms with Crippen molar-refractivity contribution < 1.29 is 14.3 Å². The summed E-state index contributed by atoms with van der Waals surface area (Å²) >= 11 is 0. The lowest BCUT2D eigenvalue weighted by Gasteiger charge is -2.30. The topological polar surface area (TPSA) is 62.8 Å². The van der Waals surface area contributed by atoms with Gasteiger partial charge < -0.3 is 25.0 Å². The summed E-state index contributed by atoms with van der Waals surface area (Å²) in [5.74, 6) is 0.734. The summed E-state index contributed by atoms with van der Waals surface area (Å²) in [5, 5.41) is 6.15. The lowest BCUT2D eigenvalue weighted by atomic mass is 10.2. The second-order valence-electron chi connectivity index (χ2n) is 6.71. The molecule has 27 heavy (non-hydrogen) atoms. The van der Waals surface area contributed by atoms with Gasteiger partial charge in [-0.1, -0.05) is 12.1 Å². The summed E-state index contributed by atoms with van der Waals surface area (Å²) in [5.41, 5.74) is 2.74. The maximum Gasteiger partial charge on any atom is 0.243 e. The van der Waals surface area contributed by atoms with E-state index in [1.807, 2.05) is 62.4 Å². The van der Waals surface area contributed by atoms with Crippen molar-refractivity contribution in [1.82, 2.24) is 0 Å². The van der Waals surface area contributed by atoms with Crippen molar-refractivity contribution in [2.45, 2.75) is 20.0 Å². The van der Waals surface area contributed by atoms with E-state index in [0.29, 0.717) is 13.2 Å². The Morgan fingerprint density at radius 1 is 1.11 bits per heavy atom. The number of amides is 1. The molecule has 0 saturated carbocycles. The standard InChI is InChI=1S/C21H27N3O3/c1-16(2)27-18-9-7-17(8-10-18)22-15-21(25)23-19-5-3-4-6-20(19)24-11-13-26-14-12-24/h3-10,16,22H,11-15H2,1-2H3,(H,23,25). The summed E-state index contributed by atoms with van der Waals surface area (Å²) in [6.45, 7) is 7.25. The number of ether oxygens (including phenoxy) is 2. The molecule has 2 aromatic carbocycles. The van der Waals surface area contributed by atoms with Gasteiger partial charge in [0.1, 0.15) is 5.75 Å². The van der Waals surface area contributed by atoms with Gasteiger partial charge in [-0.2, -0.15) is 0 Å². The molecule has 0 aromatic heterocycles. The van der Waals surface area contributed by atoms with E-state index in [2.05, 4.69) is 15.5 Å². The third-order valence-electron chi connectivity index (χ3n) is 4.21. The van der Waals surface area contributed by atoms with Crippen molar-refractivity contribution >= 4 is 23.0 Å². The van der Waals surface area contributed by atoms with E-state index >= 15 is 0 Å². The number of carbonyl (C=O) groups excluding carboxylic acids is 1. The molecule has 144 valence electrons. The molecule has 0 radical (unpaired) electrons. The van der Waals surface area contributed by atoms with Gasteiger partial charge in [0.2, 0.25) is 5.91 Å². The summed E-state index contributed by atoms with van der Waals surface area (Å²) in [6.07, 6.45) is 0.140. The second kappa shape index (κ2) is 9.28. The van der Waals surface area contributed by atoms with Gasteiger partial charge in [-0.15, -0.1) is 0 Å². The van der Waals surface area contributed by atoms with Crippen LogP contribution >= 0.6 is 0 Å². The summed E-state index contributed by atoms with van der Waals surface area (Å²) in [7, 11) is 0. The molecule has 2 aromatic rings. The molecule has 6 heteroatoms. The highest BCUT2D eigenvalue weighted by Gasteiger charge is 2.15. The van der Waals surface area contributed by atoms with Gasteiger partial charge >= 0.3 is 0 Å². The molecular formula is C21H27N3O3. The highest BCUT2D eigenvalue weighted by molar-refractivity contribution is 5.96. The molecule has 6 nitrogen and oxygen atoms in total. The van der Waals surface area contributed by atoms with Crippen molar-refractivity contribution in [3.8, 4) is 5.75 Å². The molecule has 0 unspecified atom stereocenters. The number of para-hydroxylation sites is 2. The fourth-order valence-electron chi connectivity index (χ4n) is 2.96. The number of carbonyl (C=O) groups is 1. The van der Waals surface area contributed by atoms with Crippen molar-refractivity contribution in [2.24, 2.45) is 0 Å². The van der Waals surface area contributed by atoms with Crippen LogP contribution in [-0.4, -0.2) is 44.9 Å². The van der Waals surface area contributed by atoms with Gasteiger partial charge in [0, 0.05) is 18.8 Å². The van der Waals surface area contributed by atoms with Crippen molar-refractivity contribution in [3.63, 3.8) is 0 Å². The Morgan fingerprint density at radius 2 is 1.81 bits per heavy atom. The van der Waals surface area contributed by atoms with Crippen molar-refractivity contribution in [1.29, 1.82) is 0 Å². The van der Waals surface area contributed by atoms with Gasteiger partial charge in [0.05, 0.1) is 37.2 Å². The average Bonchev–Trinajstić information content (AvgIpc) is 2.68. The first-order valence-electron chi connectivity index (χ1n) is 9.34. The molecule has 1 amide bonds. The van der Waals surface area contributed by atoms with E-state index in [9.17, 15) is 4.79 Å². The molecule has 3 rings (SSSR count). The average molecular weight is 369 g/mol. The first-order valence-corrected chi connectivity index (χ1v) is 9.34. The zero-order chi connectivity index (χ0) is 19.1. The summed E-state index contributed by atoms with van der Waals surface area (Å²) in [4.78, 5) is 14.6. The van der Waals surface area contributed by atoms with Crippen LogP contribution in [0.15, 0.2) is 48.5 Å². The Kier molecular flexibility index (Phi) is 6.54. The molecule has 1 fully saturated rings. The highest BCUT2D eigenvalue weighted by atomic mass is 16.5. The molecule has 0 atom stereocenters. The normalized spacial score (nSPS) is 14.1. The van der Waals surface area contributed by atoms with E-state index < -0.39 is 0 Å². The zero-order valence-corrected chi connectivity index (χ0v) is 15.9. The first-order chi connectivity index (χ1) is 13.1. The SMILES string of the molecule is CC(C)Oc1ccc(NCC(=O)Nc2ccccc2N2CCOCC2)cc1. The number of rotatable bonds is 7. The van der Waals surface area contributed by atoms with Crippen LogP contribution in [0.4, 0.5) is 17.1 Å². The quantitative estimate of drug-likeness (QED) is 0.784. The first kappa shape index (κ1) is 19.0. The molecular weight excluding hydrogens is 342 g/mol. The molecule has 2 N–H and O–H groups in total. The third kappa shape index (κ3) is 5.62. The Morgan fingerprint density at radius 3 is 2.52 bits per heavy atom. The van der Waals surface area contributed by atoms with Gasteiger partial charge in [0.15, 0.2) is 0 Å². The molecule has 0 aliphatic carbocycles. The molecule has 0 bridgehead atoms. The number of anilines is 3. The minimum absolute atomic E-state index is 0.0850. The molecule has 1 heterocycles. The van der Waals surface area contributed by atoms with Gasteiger partial charge in [0.25, 0.3) is 0 Å². The number of hydrogen-bond donors (Lipinski definition) is 2. The van der Waals surface area contributed by atoms with Gasteiger partial charge in [-0.3, -0.25) is 4.79 Å². The van der Waals surface area contributed by atoms with Crippen LogP contribution in [0, 0.1) is 0 Å². The van der Waals surface area contributed by atoms with Gasteiger partial charge in [-0.05, 0) is 50.2 Å². The molecule has 1 aliphatic rings.